The minimum atomic E-state index is -4.87. The van der Waals surface area contributed by atoms with Gasteiger partial charge in [0, 0.05) is 6.07 Å². The lowest BCUT2D eigenvalue weighted by Gasteiger charge is -2.14. The van der Waals surface area contributed by atoms with Crippen LogP contribution in [0, 0.1) is 0 Å². The maximum atomic E-state index is 12.9. The third-order valence-electron chi connectivity index (χ3n) is 2.97. The number of aromatic nitrogens is 2. The zero-order chi connectivity index (χ0) is 20.4. The van der Waals surface area contributed by atoms with Crippen LogP contribution in [-0.2, 0) is 17.1 Å². The Kier molecular flexibility index (Phi) is 5.68. The minimum absolute atomic E-state index is 0.138. The lowest BCUT2D eigenvalue weighted by molar-refractivity contribution is -0.141. The number of carboxylic acids is 1. The molecule has 0 saturated heterocycles. The normalized spacial score (nSPS) is 12.0. The maximum Gasteiger partial charge on any atom is 0.433 e. The van der Waals surface area contributed by atoms with Gasteiger partial charge < -0.3 is 15.7 Å². The number of anilines is 3. The van der Waals surface area contributed by atoms with Crippen LogP contribution in [-0.4, -0.2) is 27.6 Å². The Labute approximate surface area is 152 Å². The summed E-state index contributed by atoms with van der Waals surface area (Å²) in [5.74, 6) is -2.46. The average molecular weight is 415 g/mol. The van der Waals surface area contributed by atoms with Gasteiger partial charge in [0.05, 0.1) is 16.3 Å². The molecule has 0 atom stereocenters. The van der Waals surface area contributed by atoms with E-state index in [1.165, 1.54) is 0 Å². The highest BCUT2D eigenvalue weighted by molar-refractivity contribution is 6.33. The van der Waals surface area contributed by atoms with E-state index in [1.807, 2.05) is 0 Å². The highest BCUT2D eigenvalue weighted by atomic mass is 35.5. The van der Waals surface area contributed by atoms with Crippen molar-refractivity contribution in [2.24, 2.45) is 0 Å². The first kappa shape index (κ1) is 20.6. The van der Waals surface area contributed by atoms with Gasteiger partial charge in [0.2, 0.25) is 5.95 Å². The van der Waals surface area contributed by atoms with Gasteiger partial charge in [-0.05, 0) is 18.2 Å². The number of carboxylic acid groups (broad SMARTS) is 1. The van der Waals surface area contributed by atoms with Gasteiger partial charge >= 0.3 is 18.3 Å². The van der Waals surface area contributed by atoms with Gasteiger partial charge in [0.25, 0.3) is 0 Å². The average Bonchev–Trinajstić information content (AvgIpc) is 2.53. The molecule has 27 heavy (non-hydrogen) atoms. The number of hydrogen-bond donors (Lipinski definition) is 3. The molecule has 1 heterocycles. The topological polar surface area (TPSA) is 87.1 Å². The fourth-order valence-electron chi connectivity index (χ4n) is 1.82. The summed E-state index contributed by atoms with van der Waals surface area (Å²) in [6, 6.07) is 2.70. The molecule has 0 aliphatic heterocycles. The molecule has 2 rings (SSSR count). The molecule has 0 unspecified atom stereocenters. The van der Waals surface area contributed by atoms with Crippen LogP contribution in [0.1, 0.15) is 11.3 Å². The maximum absolute atomic E-state index is 12.9. The van der Waals surface area contributed by atoms with Crippen LogP contribution in [0.3, 0.4) is 0 Å². The molecule has 1 aromatic carbocycles. The Bertz CT molecular complexity index is 856. The summed E-state index contributed by atoms with van der Waals surface area (Å²) in [5, 5.41) is 12.6. The monoisotopic (exact) mass is 414 g/mol. The van der Waals surface area contributed by atoms with Crippen molar-refractivity contribution in [3.05, 3.63) is 40.5 Å². The molecule has 146 valence electrons. The lowest BCUT2D eigenvalue weighted by atomic mass is 10.2. The van der Waals surface area contributed by atoms with Crippen LogP contribution in [0.2, 0.25) is 5.02 Å². The smallest absolute Gasteiger partial charge is 0.433 e. The summed E-state index contributed by atoms with van der Waals surface area (Å²) in [6.45, 7) is -0.748. The standard InChI is InChI=1S/C14H9ClF6N4O2/c15-7-3-6(13(16,17)18)1-2-8(7)23-10-4-9(14(19,20)21)24-12(25-10)22-5-11(26)27/h1-4H,5H2,(H,26,27)(H2,22,23,24,25). The predicted molar refractivity (Wildman–Crippen MR) is 82.9 cm³/mol. The Morgan fingerprint density at radius 3 is 2.26 bits per heavy atom. The lowest BCUT2D eigenvalue weighted by Crippen LogP contribution is -2.17. The Morgan fingerprint density at radius 1 is 1.07 bits per heavy atom. The summed E-state index contributed by atoms with van der Waals surface area (Å²) in [7, 11) is 0. The fourth-order valence-corrected chi connectivity index (χ4v) is 2.05. The molecule has 3 N–H and O–H groups in total. The number of hydrogen-bond acceptors (Lipinski definition) is 5. The van der Waals surface area contributed by atoms with Gasteiger partial charge in [0.15, 0.2) is 5.69 Å². The van der Waals surface area contributed by atoms with Crippen LogP contribution >= 0.6 is 11.6 Å². The van der Waals surface area contributed by atoms with Crippen LogP contribution in [0.25, 0.3) is 0 Å². The van der Waals surface area contributed by atoms with Gasteiger partial charge in [-0.2, -0.15) is 31.3 Å². The van der Waals surface area contributed by atoms with Crippen molar-refractivity contribution in [3.8, 4) is 0 Å². The van der Waals surface area contributed by atoms with Crippen molar-refractivity contribution < 1.29 is 36.2 Å². The first-order valence-corrected chi connectivity index (χ1v) is 7.30. The summed E-state index contributed by atoms with van der Waals surface area (Å²) >= 11 is 5.74. The summed E-state index contributed by atoms with van der Waals surface area (Å²) < 4.78 is 76.7. The van der Waals surface area contributed by atoms with Crippen LogP contribution < -0.4 is 10.6 Å². The molecule has 0 fully saturated rings. The summed E-state index contributed by atoms with van der Waals surface area (Å²) in [5.41, 5.74) is -2.57. The van der Waals surface area contributed by atoms with E-state index in [4.69, 9.17) is 16.7 Å². The second-order valence-electron chi connectivity index (χ2n) is 5.02. The van der Waals surface area contributed by atoms with Crippen LogP contribution in [0.4, 0.5) is 43.8 Å². The van der Waals surface area contributed by atoms with Crippen molar-refractivity contribution >= 4 is 35.0 Å². The number of benzene rings is 1. The number of carbonyl (C=O) groups is 1. The number of nitrogens with one attached hydrogen (secondary N) is 2. The van der Waals surface area contributed by atoms with Gasteiger partial charge in [-0.25, -0.2) is 4.98 Å². The number of halogens is 7. The van der Waals surface area contributed by atoms with E-state index in [-0.39, 0.29) is 5.69 Å². The highest BCUT2D eigenvalue weighted by Gasteiger charge is 2.34. The molecule has 0 saturated carbocycles. The molecule has 13 heteroatoms. The molecule has 6 nitrogen and oxygen atoms in total. The van der Waals surface area contributed by atoms with E-state index < -0.39 is 52.9 Å². The molecular formula is C14H9ClF6N4O2. The zero-order valence-electron chi connectivity index (χ0n) is 12.9. The van der Waals surface area contributed by atoms with Crippen molar-refractivity contribution in [1.29, 1.82) is 0 Å². The van der Waals surface area contributed by atoms with E-state index >= 15 is 0 Å². The van der Waals surface area contributed by atoms with Crippen molar-refractivity contribution in [2.75, 3.05) is 17.2 Å². The van der Waals surface area contributed by atoms with Gasteiger partial charge in [0.1, 0.15) is 12.4 Å². The number of aliphatic carboxylic acids is 1. The largest absolute Gasteiger partial charge is 0.480 e. The van der Waals surface area contributed by atoms with Gasteiger partial charge in [-0.3, -0.25) is 4.79 Å². The quantitative estimate of drug-likeness (QED) is 0.628. The first-order valence-electron chi connectivity index (χ1n) is 6.92. The van der Waals surface area contributed by atoms with Gasteiger partial charge in [-0.1, -0.05) is 11.6 Å². The molecule has 0 amide bonds. The second-order valence-corrected chi connectivity index (χ2v) is 5.43. The molecule has 0 spiro atoms. The summed E-state index contributed by atoms with van der Waals surface area (Å²) in [4.78, 5) is 17.3. The third-order valence-corrected chi connectivity index (χ3v) is 3.29. The fraction of sp³-hybridized carbons (Fsp3) is 0.214. The van der Waals surface area contributed by atoms with E-state index in [0.717, 1.165) is 6.07 Å². The SMILES string of the molecule is O=C(O)CNc1nc(Nc2ccc(C(F)(F)F)cc2Cl)cc(C(F)(F)F)n1. The Hall–Kier alpha value is -2.76. The molecule has 0 bridgehead atoms. The van der Waals surface area contributed by atoms with E-state index in [9.17, 15) is 31.1 Å². The number of rotatable bonds is 5. The van der Waals surface area contributed by atoms with Crippen molar-refractivity contribution in [2.45, 2.75) is 12.4 Å². The van der Waals surface area contributed by atoms with Crippen molar-refractivity contribution in [3.63, 3.8) is 0 Å². The Morgan fingerprint density at radius 2 is 1.74 bits per heavy atom. The van der Waals surface area contributed by atoms with Gasteiger partial charge in [-0.15, -0.1) is 0 Å². The molecule has 0 aliphatic carbocycles. The molecule has 1 aromatic heterocycles. The zero-order valence-corrected chi connectivity index (χ0v) is 13.7. The van der Waals surface area contributed by atoms with Crippen LogP contribution in [0.15, 0.2) is 24.3 Å². The minimum Gasteiger partial charge on any atom is -0.480 e. The molecule has 0 aliphatic rings. The second kappa shape index (κ2) is 7.47. The third kappa shape index (κ3) is 5.61. The first-order chi connectivity index (χ1) is 12.4. The van der Waals surface area contributed by atoms with Crippen LogP contribution in [0.5, 0.6) is 0 Å². The Balaban J connectivity index is 2.37. The summed E-state index contributed by atoms with van der Waals surface area (Å²) in [6.07, 6.45) is -9.52. The number of alkyl halides is 6. The highest BCUT2D eigenvalue weighted by Crippen LogP contribution is 2.35. The van der Waals surface area contributed by atoms with E-state index in [0.29, 0.717) is 18.2 Å². The predicted octanol–water partition coefficient (Wildman–Crippen LogP) is 4.41. The number of nitrogens with zero attached hydrogens (tertiary/aromatic N) is 2. The molecule has 2 aromatic rings. The molecular weight excluding hydrogens is 406 g/mol. The van der Waals surface area contributed by atoms with E-state index in [1.54, 1.807) is 0 Å². The van der Waals surface area contributed by atoms with Crippen molar-refractivity contribution in [1.82, 2.24) is 9.97 Å². The molecule has 0 radical (unpaired) electrons. The van der Waals surface area contributed by atoms with E-state index in [2.05, 4.69) is 20.6 Å².